The molecule has 1 saturated heterocycles. The van der Waals surface area contributed by atoms with E-state index in [1.165, 1.54) is 19.3 Å². The zero-order valence-electron chi connectivity index (χ0n) is 5.98. The molecule has 2 nitrogen and oxygen atoms in total. The van der Waals surface area contributed by atoms with Crippen LogP contribution < -0.4 is 0 Å². The van der Waals surface area contributed by atoms with E-state index >= 15 is 0 Å². The number of ether oxygens (including phenoxy) is 1. The molecular weight excluding hydrogens is 241 g/mol. The third-order valence-corrected chi connectivity index (χ3v) is 3.29. The summed E-state index contributed by atoms with van der Waals surface area (Å²) in [6.45, 7) is 3.18. The van der Waals surface area contributed by atoms with Crippen molar-refractivity contribution in [2.24, 2.45) is 0 Å². The molecule has 0 unspecified atom stereocenters. The zero-order valence-corrected chi connectivity index (χ0v) is 8.13. The Morgan fingerprint density at radius 1 is 1.40 bits per heavy atom. The zero-order chi connectivity index (χ0) is 7.03. The van der Waals surface area contributed by atoms with Gasteiger partial charge in [0.25, 0.3) is 0 Å². The normalized spacial score (nSPS) is 32.1. The molecule has 0 amide bonds. The second kappa shape index (κ2) is 2.60. The van der Waals surface area contributed by atoms with Gasteiger partial charge in [-0.25, -0.2) is 3.11 Å². The van der Waals surface area contributed by atoms with E-state index in [4.69, 9.17) is 4.74 Å². The van der Waals surface area contributed by atoms with E-state index in [2.05, 4.69) is 26.0 Å². The Hall–Kier alpha value is 0.650. The van der Waals surface area contributed by atoms with Crippen LogP contribution in [0.25, 0.3) is 0 Å². The third-order valence-electron chi connectivity index (χ3n) is 2.47. The molecule has 0 aromatic heterocycles. The van der Waals surface area contributed by atoms with Gasteiger partial charge in [0.15, 0.2) is 0 Å². The standard InChI is InChI=1S/C7H12INO/c8-9-4-5-10-7(6-9)2-1-3-7/h1-6H2. The highest BCUT2D eigenvalue weighted by molar-refractivity contribution is 14.1. The lowest BCUT2D eigenvalue weighted by Crippen LogP contribution is -2.52. The van der Waals surface area contributed by atoms with Crippen LogP contribution in [0.4, 0.5) is 0 Å². The van der Waals surface area contributed by atoms with Crippen LogP contribution in [0.2, 0.25) is 0 Å². The molecule has 1 saturated carbocycles. The summed E-state index contributed by atoms with van der Waals surface area (Å²) in [5, 5.41) is 0. The predicted molar refractivity (Wildman–Crippen MR) is 48.1 cm³/mol. The minimum absolute atomic E-state index is 0.291. The van der Waals surface area contributed by atoms with Crippen LogP contribution in [0.3, 0.4) is 0 Å². The smallest absolute Gasteiger partial charge is 0.0817 e. The molecule has 1 spiro atoms. The summed E-state index contributed by atoms with van der Waals surface area (Å²) in [4.78, 5) is 0. The summed E-state index contributed by atoms with van der Waals surface area (Å²) >= 11 is 2.39. The molecule has 3 heteroatoms. The Morgan fingerprint density at radius 2 is 2.20 bits per heavy atom. The Morgan fingerprint density at radius 3 is 2.60 bits per heavy atom. The molecule has 1 heterocycles. The number of hydrogen-bond donors (Lipinski definition) is 0. The lowest BCUT2D eigenvalue weighted by Gasteiger charge is -2.46. The van der Waals surface area contributed by atoms with Crippen molar-refractivity contribution in [2.45, 2.75) is 24.9 Å². The number of nitrogens with zero attached hydrogens (tertiary/aromatic N) is 1. The fourth-order valence-corrected chi connectivity index (χ4v) is 2.49. The molecule has 0 atom stereocenters. The number of rotatable bonds is 0. The number of halogens is 1. The summed E-state index contributed by atoms with van der Waals surface area (Å²) in [5.74, 6) is 0. The first kappa shape index (κ1) is 7.31. The monoisotopic (exact) mass is 253 g/mol. The Labute approximate surface area is 75.4 Å². The SMILES string of the molecule is IN1CCOC2(CCC2)C1. The predicted octanol–water partition coefficient (Wildman–Crippen LogP) is 1.59. The van der Waals surface area contributed by atoms with Gasteiger partial charge >= 0.3 is 0 Å². The maximum Gasteiger partial charge on any atom is 0.0817 e. The van der Waals surface area contributed by atoms with E-state index in [1.807, 2.05) is 0 Å². The Bertz CT molecular complexity index is 136. The fraction of sp³-hybridized carbons (Fsp3) is 1.00. The summed E-state index contributed by atoms with van der Waals surface area (Å²) in [5.41, 5.74) is 0.291. The molecule has 2 fully saturated rings. The van der Waals surface area contributed by atoms with E-state index in [0.717, 1.165) is 19.7 Å². The molecule has 1 aliphatic heterocycles. The van der Waals surface area contributed by atoms with Gasteiger partial charge in [-0.05, 0) is 19.3 Å². The van der Waals surface area contributed by atoms with Gasteiger partial charge in [0.1, 0.15) is 0 Å². The van der Waals surface area contributed by atoms with E-state index in [1.54, 1.807) is 0 Å². The minimum atomic E-state index is 0.291. The molecule has 10 heavy (non-hydrogen) atoms. The van der Waals surface area contributed by atoms with E-state index in [-0.39, 0.29) is 0 Å². The van der Waals surface area contributed by atoms with E-state index in [0.29, 0.717) is 5.60 Å². The summed E-state index contributed by atoms with van der Waals surface area (Å²) in [7, 11) is 0. The second-order valence-electron chi connectivity index (χ2n) is 3.23. The van der Waals surface area contributed by atoms with Crippen LogP contribution in [0, 0.1) is 0 Å². The largest absolute Gasteiger partial charge is 0.372 e. The van der Waals surface area contributed by atoms with Crippen LogP contribution in [-0.4, -0.2) is 28.4 Å². The van der Waals surface area contributed by atoms with E-state index < -0.39 is 0 Å². The van der Waals surface area contributed by atoms with Crippen LogP contribution in [-0.2, 0) is 4.74 Å². The second-order valence-corrected chi connectivity index (χ2v) is 4.59. The van der Waals surface area contributed by atoms with Crippen molar-refractivity contribution in [3.63, 3.8) is 0 Å². The third kappa shape index (κ3) is 1.19. The lowest BCUT2D eigenvalue weighted by molar-refractivity contribution is -0.130. The summed E-state index contributed by atoms with van der Waals surface area (Å²) in [6.07, 6.45) is 3.93. The molecule has 58 valence electrons. The van der Waals surface area contributed by atoms with Gasteiger partial charge in [0.2, 0.25) is 0 Å². The first-order chi connectivity index (χ1) is 4.81. The van der Waals surface area contributed by atoms with Gasteiger partial charge in [-0.1, -0.05) is 0 Å². The number of hydrogen-bond acceptors (Lipinski definition) is 2. The van der Waals surface area contributed by atoms with Crippen LogP contribution in [0.1, 0.15) is 19.3 Å². The van der Waals surface area contributed by atoms with Gasteiger partial charge in [-0.15, -0.1) is 0 Å². The van der Waals surface area contributed by atoms with Crippen molar-refractivity contribution in [2.75, 3.05) is 19.7 Å². The highest BCUT2D eigenvalue weighted by Crippen LogP contribution is 2.38. The number of morpholine rings is 1. The van der Waals surface area contributed by atoms with Gasteiger partial charge < -0.3 is 4.74 Å². The molecule has 0 aromatic carbocycles. The maximum atomic E-state index is 5.73. The topological polar surface area (TPSA) is 12.5 Å². The molecular formula is C7H12INO. The highest BCUT2D eigenvalue weighted by Gasteiger charge is 2.41. The van der Waals surface area contributed by atoms with Crippen molar-refractivity contribution in [1.29, 1.82) is 0 Å². The average Bonchev–Trinajstić information content (AvgIpc) is 1.85. The Balaban J connectivity index is 1.96. The van der Waals surface area contributed by atoms with Crippen molar-refractivity contribution in [3.8, 4) is 0 Å². The first-order valence-electron chi connectivity index (χ1n) is 3.85. The lowest BCUT2D eigenvalue weighted by atomic mass is 9.79. The summed E-state index contributed by atoms with van der Waals surface area (Å²) < 4.78 is 8.07. The van der Waals surface area contributed by atoms with Crippen molar-refractivity contribution >= 4 is 22.9 Å². The highest BCUT2D eigenvalue weighted by atomic mass is 127. The van der Waals surface area contributed by atoms with Crippen molar-refractivity contribution in [3.05, 3.63) is 0 Å². The molecule has 0 radical (unpaired) electrons. The molecule has 1 aliphatic carbocycles. The van der Waals surface area contributed by atoms with Gasteiger partial charge in [0, 0.05) is 36.0 Å². The minimum Gasteiger partial charge on any atom is -0.372 e. The molecule has 0 bridgehead atoms. The van der Waals surface area contributed by atoms with Crippen molar-refractivity contribution in [1.82, 2.24) is 3.11 Å². The summed E-state index contributed by atoms with van der Waals surface area (Å²) in [6, 6.07) is 0. The first-order valence-corrected chi connectivity index (χ1v) is 4.82. The molecule has 2 aliphatic rings. The Kier molecular flexibility index (Phi) is 1.90. The average molecular weight is 253 g/mol. The fourth-order valence-electron chi connectivity index (χ4n) is 1.67. The molecule has 0 N–H and O–H groups in total. The van der Waals surface area contributed by atoms with Gasteiger partial charge in [-0.3, -0.25) is 0 Å². The van der Waals surface area contributed by atoms with Crippen molar-refractivity contribution < 1.29 is 4.74 Å². The van der Waals surface area contributed by atoms with Crippen LogP contribution in [0.15, 0.2) is 0 Å². The quantitative estimate of drug-likeness (QED) is 0.480. The molecule has 2 rings (SSSR count). The van der Waals surface area contributed by atoms with Gasteiger partial charge in [0.05, 0.1) is 12.2 Å². The molecule has 0 aromatic rings. The van der Waals surface area contributed by atoms with Crippen LogP contribution >= 0.6 is 22.9 Å². The van der Waals surface area contributed by atoms with Crippen LogP contribution in [0.5, 0.6) is 0 Å². The van der Waals surface area contributed by atoms with Gasteiger partial charge in [-0.2, -0.15) is 0 Å². The maximum absolute atomic E-state index is 5.73. The van der Waals surface area contributed by atoms with E-state index in [9.17, 15) is 0 Å².